The van der Waals surface area contributed by atoms with Crippen LogP contribution in [-0.2, 0) is 0 Å². The second kappa shape index (κ2) is 13.9. The molecule has 6 nitrogen and oxygen atoms in total. The summed E-state index contributed by atoms with van der Waals surface area (Å²) in [7, 11) is 0. The standard InChI is InChI=1S/3C6H10N2.2CH4/c2*1-5(2)6-3-7-4-8-6;1-5(2)6-7-3-4-8-6;;/h3*3-5H,1-2H3,(H,7,8);2*1H4. The third kappa shape index (κ3) is 9.81. The second-order valence-electron chi connectivity index (χ2n) is 6.45. The van der Waals surface area contributed by atoms with Gasteiger partial charge in [-0.3, -0.25) is 0 Å². The van der Waals surface area contributed by atoms with Crippen LogP contribution in [0.1, 0.15) is 91.4 Å². The first-order valence-electron chi connectivity index (χ1n) is 8.37. The molecule has 3 rings (SSSR count). The summed E-state index contributed by atoms with van der Waals surface area (Å²) in [6.45, 7) is 12.7. The lowest BCUT2D eigenvalue weighted by Crippen LogP contribution is -1.87. The summed E-state index contributed by atoms with van der Waals surface area (Å²) >= 11 is 0. The Morgan fingerprint density at radius 2 is 1.15 bits per heavy atom. The number of nitrogens with zero attached hydrogens (tertiary/aromatic N) is 3. The summed E-state index contributed by atoms with van der Waals surface area (Å²) in [6, 6.07) is 0. The minimum atomic E-state index is 0. The van der Waals surface area contributed by atoms with Gasteiger partial charge in [0.05, 0.1) is 12.7 Å². The highest BCUT2D eigenvalue weighted by molar-refractivity contribution is 4.99. The van der Waals surface area contributed by atoms with Gasteiger partial charge in [-0.25, -0.2) is 15.0 Å². The average Bonchev–Trinajstić information content (AvgIpc) is 3.29. The summed E-state index contributed by atoms with van der Waals surface area (Å²) in [5.41, 5.74) is 2.40. The van der Waals surface area contributed by atoms with Gasteiger partial charge in [0.25, 0.3) is 0 Å². The SMILES string of the molecule is C.C.CC(C)c1cnc[nH]1.CC(C)c1cnc[nH]1.CC(C)c1ncc[nH]1. The number of aromatic nitrogens is 6. The predicted molar refractivity (Wildman–Crippen MR) is 111 cm³/mol. The molecule has 0 spiro atoms. The van der Waals surface area contributed by atoms with Crippen molar-refractivity contribution in [2.75, 3.05) is 0 Å². The zero-order valence-electron chi connectivity index (χ0n) is 15.5. The van der Waals surface area contributed by atoms with Crippen LogP contribution in [-0.4, -0.2) is 29.9 Å². The Hall–Kier alpha value is -2.37. The minimum Gasteiger partial charge on any atom is -0.348 e. The molecule has 3 N–H and O–H groups in total. The van der Waals surface area contributed by atoms with Crippen molar-refractivity contribution in [2.24, 2.45) is 0 Å². The van der Waals surface area contributed by atoms with Gasteiger partial charge >= 0.3 is 0 Å². The van der Waals surface area contributed by atoms with Crippen molar-refractivity contribution in [3.8, 4) is 0 Å². The van der Waals surface area contributed by atoms with Gasteiger partial charge in [-0.2, -0.15) is 0 Å². The number of H-pyrrole nitrogens is 3. The van der Waals surface area contributed by atoms with Crippen LogP contribution >= 0.6 is 0 Å². The van der Waals surface area contributed by atoms with Crippen LogP contribution in [0.5, 0.6) is 0 Å². The Labute approximate surface area is 159 Å². The second-order valence-corrected chi connectivity index (χ2v) is 6.45. The highest BCUT2D eigenvalue weighted by Crippen LogP contribution is 2.08. The Balaban J connectivity index is 0. The molecule has 3 aromatic rings. The van der Waals surface area contributed by atoms with Gasteiger partial charge in [0.15, 0.2) is 0 Å². The van der Waals surface area contributed by atoms with Crippen LogP contribution in [0.4, 0.5) is 0 Å². The van der Waals surface area contributed by atoms with Gasteiger partial charge < -0.3 is 15.0 Å². The lowest BCUT2D eigenvalue weighted by atomic mass is 10.2. The molecule has 0 aromatic carbocycles. The van der Waals surface area contributed by atoms with Crippen molar-refractivity contribution in [3.63, 3.8) is 0 Å². The fraction of sp³-hybridized carbons (Fsp3) is 0.550. The van der Waals surface area contributed by atoms with E-state index in [9.17, 15) is 0 Å². The fourth-order valence-electron chi connectivity index (χ4n) is 1.76. The van der Waals surface area contributed by atoms with E-state index in [1.165, 1.54) is 11.4 Å². The van der Waals surface area contributed by atoms with Crippen LogP contribution in [0.2, 0.25) is 0 Å². The highest BCUT2D eigenvalue weighted by atomic mass is 14.9. The van der Waals surface area contributed by atoms with E-state index in [2.05, 4.69) is 71.4 Å². The van der Waals surface area contributed by atoms with Crippen LogP contribution < -0.4 is 0 Å². The topological polar surface area (TPSA) is 86.0 Å². The first kappa shape index (κ1) is 25.9. The average molecular weight is 363 g/mol. The minimum absolute atomic E-state index is 0. The Kier molecular flexibility index (Phi) is 13.8. The van der Waals surface area contributed by atoms with Gasteiger partial charge in [0.2, 0.25) is 0 Å². The molecule has 0 saturated heterocycles. The molecule has 3 heterocycles. The van der Waals surface area contributed by atoms with Gasteiger partial charge in [-0.1, -0.05) is 56.4 Å². The van der Waals surface area contributed by atoms with E-state index >= 15 is 0 Å². The van der Waals surface area contributed by atoms with E-state index < -0.39 is 0 Å². The van der Waals surface area contributed by atoms with Crippen LogP contribution in [0.25, 0.3) is 0 Å². The Bertz CT molecular complexity index is 516. The lowest BCUT2D eigenvalue weighted by molar-refractivity contribution is 0.794. The van der Waals surface area contributed by atoms with Gasteiger partial charge in [-0.05, 0) is 11.8 Å². The molecule has 6 heteroatoms. The van der Waals surface area contributed by atoms with E-state index in [0.717, 1.165) is 5.82 Å². The molecular formula is C20H38N6. The largest absolute Gasteiger partial charge is 0.348 e. The molecular weight excluding hydrogens is 324 g/mol. The first-order valence-corrected chi connectivity index (χ1v) is 8.37. The monoisotopic (exact) mass is 362 g/mol. The highest BCUT2D eigenvalue weighted by Gasteiger charge is 1.97. The van der Waals surface area contributed by atoms with E-state index in [1.54, 1.807) is 18.9 Å². The normalized spacial score (nSPS) is 9.58. The zero-order valence-corrected chi connectivity index (χ0v) is 15.5. The number of rotatable bonds is 3. The van der Waals surface area contributed by atoms with Gasteiger partial charge in [0, 0.05) is 42.1 Å². The maximum atomic E-state index is 4.06. The molecule has 0 amide bonds. The third-order valence-corrected chi connectivity index (χ3v) is 3.35. The van der Waals surface area contributed by atoms with Gasteiger partial charge in [0.1, 0.15) is 5.82 Å². The summed E-state index contributed by atoms with van der Waals surface area (Å²) in [4.78, 5) is 20.9. The molecule has 0 aliphatic rings. The number of aromatic amines is 3. The maximum absolute atomic E-state index is 4.06. The number of nitrogens with one attached hydrogen (secondary N) is 3. The molecule has 0 bridgehead atoms. The molecule has 0 fully saturated rings. The van der Waals surface area contributed by atoms with Crippen molar-refractivity contribution in [1.29, 1.82) is 0 Å². The molecule has 3 aromatic heterocycles. The summed E-state index contributed by atoms with van der Waals surface area (Å²) in [5, 5.41) is 0. The Morgan fingerprint density at radius 1 is 0.692 bits per heavy atom. The maximum Gasteiger partial charge on any atom is 0.108 e. The zero-order chi connectivity index (χ0) is 17.9. The van der Waals surface area contributed by atoms with E-state index in [0.29, 0.717) is 17.8 Å². The summed E-state index contributed by atoms with van der Waals surface area (Å²) in [5.74, 6) is 2.71. The molecule has 0 radical (unpaired) electrons. The molecule has 0 aliphatic carbocycles. The molecule has 0 aliphatic heterocycles. The summed E-state index contributed by atoms with van der Waals surface area (Å²) < 4.78 is 0. The van der Waals surface area contributed by atoms with Crippen molar-refractivity contribution in [1.82, 2.24) is 29.9 Å². The Morgan fingerprint density at radius 3 is 1.31 bits per heavy atom. The quantitative estimate of drug-likeness (QED) is 0.544. The number of imidazole rings is 3. The molecule has 148 valence electrons. The van der Waals surface area contributed by atoms with Crippen molar-refractivity contribution in [3.05, 3.63) is 54.7 Å². The van der Waals surface area contributed by atoms with Crippen molar-refractivity contribution >= 4 is 0 Å². The van der Waals surface area contributed by atoms with Crippen molar-refractivity contribution < 1.29 is 0 Å². The predicted octanol–water partition coefficient (Wildman–Crippen LogP) is 5.87. The van der Waals surface area contributed by atoms with E-state index in [1.807, 2.05) is 18.6 Å². The lowest BCUT2D eigenvalue weighted by Gasteiger charge is -1.95. The smallest absolute Gasteiger partial charge is 0.108 e. The van der Waals surface area contributed by atoms with Crippen LogP contribution in [0.15, 0.2) is 37.4 Å². The number of hydrogen-bond donors (Lipinski definition) is 3. The molecule has 0 unspecified atom stereocenters. The van der Waals surface area contributed by atoms with Crippen LogP contribution in [0.3, 0.4) is 0 Å². The first-order chi connectivity index (χ1) is 11.4. The molecule has 0 atom stereocenters. The van der Waals surface area contributed by atoms with Gasteiger partial charge in [-0.15, -0.1) is 0 Å². The van der Waals surface area contributed by atoms with Crippen molar-refractivity contribution in [2.45, 2.75) is 74.1 Å². The fourth-order valence-corrected chi connectivity index (χ4v) is 1.76. The van der Waals surface area contributed by atoms with E-state index in [-0.39, 0.29) is 14.9 Å². The van der Waals surface area contributed by atoms with Crippen LogP contribution in [0, 0.1) is 0 Å². The third-order valence-electron chi connectivity index (χ3n) is 3.35. The molecule has 26 heavy (non-hydrogen) atoms. The number of hydrogen-bond acceptors (Lipinski definition) is 3. The summed E-state index contributed by atoms with van der Waals surface area (Å²) in [6.07, 6.45) is 10.7. The van der Waals surface area contributed by atoms with E-state index in [4.69, 9.17) is 0 Å². The molecule has 0 saturated carbocycles.